The van der Waals surface area contributed by atoms with E-state index >= 15 is 0 Å². The van der Waals surface area contributed by atoms with Crippen molar-refractivity contribution in [2.45, 2.75) is 20.3 Å². The fraction of sp³-hybridized carbons (Fsp3) is 0.500. The summed E-state index contributed by atoms with van der Waals surface area (Å²) in [5, 5.41) is 20.3. The molecule has 4 nitrogen and oxygen atoms in total. The highest BCUT2D eigenvalue weighted by atomic mass is 16.4. The summed E-state index contributed by atoms with van der Waals surface area (Å²) < 4.78 is 0. The third kappa shape index (κ3) is 4.49. The van der Waals surface area contributed by atoms with Gasteiger partial charge in [0.25, 0.3) is 0 Å². The van der Waals surface area contributed by atoms with Crippen LogP contribution < -0.4 is 10.2 Å². The molecule has 12 heavy (non-hydrogen) atoms. The monoisotopic (exact) mass is 170 g/mol. The SMILES string of the molecule is CC(C)C/C(=C/C(=O)[O-])C(=O)[O-]. The average Bonchev–Trinajstić information content (AvgIpc) is 1.83. The molecule has 68 valence electrons. The maximum Gasteiger partial charge on any atom is 0.0675 e. The smallest absolute Gasteiger partial charge is 0.0675 e. The van der Waals surface area contributed by atoms with Crippen LogP contribution in [-0.2, 0) is 9.59 Å². The molecule has 0 spiro atoms. The van der Waals surface area contributed by atoms with Crippen LogP contribution in [0, 0.1) is 5.92 Å². The zero-order chi connectivity index (χ0) is 9.72. The maximum atomic E-state index is 10.3. The first-order chi connectivity index (χ1) is 5.43. The fourth-order valence-electron chi connectivity index (χ4n) is 0.783. The Balaban J connectivity index is 4.44. The van der Waals surface area contributed by atoms with Crippen molar-refractivity contribution in [3.63, 3.8) is 0 Å². The van der Waals surface area contributed by atoms with Crippen LogP contribution in [0.1, 0.15) is 20.3 Å². The minimum Gasteiger partial charge on any atom is -0.545 e. The predicted molar refractivity (Wildman–Crippen MR) is 37.6 cm³/mol. The summed E-state index contributed by atoms with van der Waals surface area (Å²) in [5.41, 5.74) is -0.231. The lowest BCUT2D eigenvalue weighted by atomic mass is 10.0. The van der Waals surface area contributed by atoms with Gasteiger partial charge in [0, 0.05) is 0 Å². The van der Waals surface area contributed by atoms with Crippen LogP contribution >= 0.6 is 0 Å². The van der Waals surface area contributed by atoms with E-state index in [2.05, 4.69) is 0 Å². The summed E-state index contributed by atoms with van der Waals surface area (Å²) in [7, 11) is 0. The Labute approximate surface area is 70.5 Å². The molecule has 0 unspecified atom stereocenters. The largest absolute Gasteiger partial charge is 0.545 e. The molecule has 0 heterocycles. The molecule has 0 aromatic heterocycles. The first-order valence-corrected chi connectivity index (χ1v) is 3.56. The molecular weight excluding hydrogens is 160 g/mol. The van der Waals surface area contributed by atoms with E-state index in [1.165, 1.54) is 0 Å². The molecular formula is C8H10O4-2. The van der Waals surface area contributed by atoms with E-state index < -0.39 is 11.9 Å². The third-order valence-electron chi connectivity index (χ3n) is 1.18. The molecule has 0 aliphatic heterocycles. The highest BCUT2D eigenvalue weighted by molar-refractivity contribution is 5.92. The van der Waals surface area contributed by atoms with Gasteiger partial charge in [-0.3, -0.25) is 0 Å². The zero-order valence-electron chi connectivity index (χ0n) is 6.99. The quantitative estimate of drug-likeness (QED) is 0.479. The van der Waals surface area contributed by atoms with Gasteiger partial charge in [-0.1, -0.05) is 13.8 Å². The van der Waals surface area contributed by atoms with Crippen molar-refractivity contribution in [2.24, 2.45) is 5.92 Å². The van der Waals surface area contributed by atoms with E-state index in [1.807, 2.05) is 0 Å². The Kier molecular flexibility index (Phi) is 4.04. The Hall–Kier alpha value is -1.32. The van der Waals surface area contributed by atoms with Crippen LogP contribution in [-0.4, -0.2) is 11.9 Å². The summed E-state index contributed by atoms with van der Waals surface area (Å²) in [5.74, 6) is -2.88. The molecule has 0 bridgehead atoms. The van der Waals surface area contributed by atoms with Crippen molar-refractivity contribution in [3.8, 4) is 0 Å². The van der Waals surface area contributed by atoms with Crippen molar-refractivity contribution in [3.05, 3.63) is 11.6 Å². The highest BCUT2D eigenvalue weighted by Gasteiger charge is 2.01. The average molecular weight is 170 g/mol. The van der Waals surface area contributed by atoms with Crippen LogP contribution in [0.4, 0.5) is 0 Å². The number of aliphatic carboxylic acids is 2. The van der Waals surface area contributed by atoms with Crippen molar-refractivity contribution < 1.29 is 19.8 Å². The van der Waals surface area contributed by atoms with Gasteiger partial charge in [0.2, 0.25) is 0 Å². The molecule has 0 radical (unpaired) electrons. The predicted octanol–water partition coefficient (Wildman–Crippen LogP) is -1.54. The molecule has 4 heteroatoms. The lowest BCUT2D eigenvalue weighted by Crippen LogP contribution is -2.28. The Morgan fingerprint density at radius 1 is 1.33 bits per heavy atom. The Morgan fingerprint density at radius 2 is 1.83 bits per heavy atom. The number of carboxylic acids is 2. The summed E-state index contributed by atoms with van der Waals surface area (Å²) in [4.78, 5) is 20.3. The molecule has 0 rings (SSSR count). The van der Waals surface area contributed by atoms with E-state index in [9.17, 15) is 19.8 Å². The number of carbonyl (C=O) groups is 2. The normalized spacial score (nSPS) is 11.8. The lowest BCUT2D eigenvalue weighted by Gasteiger charge is -2.11. The first kappa shape index (κ1) is 10.7. The van der Waals surface area contributed by atoms with Crippen molar-refractivity contribution in [1.82, 2.24) is 0 Å². The van der Waals surface area contributed by atoms with Crippen LogP contribution in [0.2, 0.25) is 0 Å². The third-order valence-corrected chi connectivity index (χ3v) is 1.18. The van der Waals surface area contributed by atoms with Crippen molar-refractivity contribution >= 4 is 11.9 Å². The van der Waals surface area contributed by atoms with Gasteiger partial charge in [-0.25, -0.2) is 0 Å². The zero-order valence-corrected chi connectivity index (χ0v) is 6.99. The van der Waals surface area contributed by atoms with Gasteiger partial charge in [-0.2, -0.15) is 0 Å². The summed E-state index contributed by atoms with van der Waals surface area (Å²) in [6.45, 7) is 3.57. The first-order valence-electron chi connectivity index (χ1n) is 3.56. The number of carboxylic acid groups (broad SMARTS) is 2. The minimum atomic E-state index is -1.50. The van der Waals surface area contributed by atoms with E-state index in [0.717, 1.165) is 0 Å². The standard InChI is InChI=1S/C8H12O4/c1-5(2)3-6(8(11)12)4-7(9)10/h4-5H,3H2,1-2H3,(H,9,10)(H,11,12)/p-2/b6-4-. The lowest BCUT2D eigenvalue weighted by molar-refractivity contribution is -0.303. The number of hydrogen-bond donors (Lipinski definition) is 0. The molecule has 0 saturated heterocycles. The Morgan fingerprint density at radius 3 is 2.08 bits per heavy atom. The summed E-state index contributed by atoms with van der Waals surface area (Å²) in [6.07, 6.45) is 0.742. The second kappa shape index (κ2) is 4.54. The van der Waals surface area contributed by atoms with E-state index in [0.29, 0.717) is 6.08 Å². The molecule has 0 fully saturated rings. The maximum absolute atomic E-state index is 10.3. The molecule has 0 N–H and O–H groups in total. The number of carbonyl (C=O) groups excluding carboxylic acids is 2. The van der Waals surface area contributed by atoms with Gasteiger partial charge in [-0.15, -0.1) is 0 Å². The molecule has 0 aromatic rings. The number of rotatable bonds is 4. The molecule has 0 aliphatic carbocycles. The molecule has 0 amide bonds. The van der Waals surface area contributed by atoms with Gasteiger partial charge in [0.1, 0.15) is 0 Å². The number of hydrogen-bond acceptors (Lipinski definition) is 4. The van der Waals surface area contributed by atoms with E-state index in [4.69, 9.17) is 0 Å². The molecule has 0 aromatic carbocycles. The second-order valence-electron chi connectivity index (χ2n) is 2.87. The topological polar surface area (TPSA) is 80.3 Å². The molecule has 0 saturated carbocycles. The van der Waals surface area contributed by atoms with E-state index in [-0.39, 0.29) is 17.9 Å². The van der Waals surface area contributed by atoms with Gasteiger partial charge in [0.05, 0.1) is 11.9 Å². The second-order valence-corrected chi connectivity index (χ2v) is 2.87. The van der Waals surface area contributed by atoms with Crippen molar-refractivity contribution in [2.75, 3.05) is 0 Å². The minimum absolute atomic E-state index is 0.0773. The van der Waals surface area contributed by atoms with Gasteiger partial charge in [-0.05, 0) is 24.0 Å². The molecule has 0 aliphatic rings. The Bertz CT molecular complexity index is 215. The highest BCUT2D eigenvalue weighted by Crippen LogP contribution is 2.09. The van der Waals surface area contributed by atoms with Crippen LogP contribution in [0.5, 0.6) is 0 Å². The van der Waals surface area contributed by atoms with Gasteiger partial charge >= 0.3 is 0 Å². The summed E-state index contributed by atoms with van der Waals surface area (Å²) >= 11 is 0. The van der Waals surface area contributed by atoms with Crippen LogP contribution in [0.25, 0.3) is 0 Å². The summed E-state index contributed by atoms with van der Waals surface area (Å²) in [6, 6.07) is 0. The van der Waals surface area contributed by atoms with Gasteiger partial charge < -0.3 is 19.8 Å². The van der Waals surface area contributed by atoms with Crippen LogP contribution in [0.15, 0.2) is 11.6 Å². The fourth-order valence-corrected chi connectivity index (χ4v) is 0.783. The van der Waals surface area contributed by atoms with E-state index in [1.54, 1.807) is 13.8 Å². The van der Waals surface area contributed by atoms with Gasteiger partial charge in [0.15, 0.2) is 0 Å². The van der Waals surface area contributed by atoms with Crippen LogP contribution in [0.3, 0.4) is 0 Å². The molecule has 0 atom stereocenters. The van der Waals surface area contributed by atoms with Crippen molar-refractivity contribution in [1.29, 1.82) is 0 Å².